The Morgan fingerprint density at radius 3 is 2.35 bits per heavy atom. The van der Waals surface area contributed by atoms with Crippen LogP contribution in [0.2, 0.25) is 5.02 Å². The Balaban J connectivity index is 1.57. The fourth-order valence-corrected chi connectivity index (χ4v) is 5.88. The molecule has 6 heteroatoms. The molecule has 2 N–H and O–H groups in total. The number of rotatable bonds is 5. The Morgan fingerprint density at radius 1 is 1.00 bits per heavy atom. The molecule has 5 nitrogen and oxygen atoms in total. The van der Waals surface area contributed by atoms with Crippen LogP contribution in [-0.2, 0) is 21.5 Å². The minimum Gasteiger partial charge on any atom is -0.357 e. The standard InChI is InChI=1S/C34H38ClN3O2/c1-33(2,3)24-14-12-23(13-15-24)32-31-27(18-34(4,5)19-29(31)39)37-26-8-6-7-9-28(26)38(32)21-30(40)36-20-22-10-16-25(35)17-11-22/h6-17,32,37H,18-21H2,1-5H3,(H,36,40). The summed E-state index contributed by atoms with van der Waals surface area (Å²) in [4.78, 5) is 29.5. The van der Waals surface area contributed by atoms with Crippen molar-refractivity contribution in [2.75, 3.05) is 16.8 Å². The number of amides is 1. The summed E-state index contributed by atoms with van der Waals surface area (Å²) in [5.74, 6) is 0.0109. The van der Waals surface area contributed by atoms with Gasteiger partial charge in [0.15, 0.2) is 5.78 Å². The first-order valence-corrected chi connectivity index (χ1v) is 14.3. The van der Waals surface area contributed by atoms with Crippen molar-refractivity contribution in [2.24, 2.45) is 5.41 Å². The molecule has 40 heavy (non-hydrogen) atoms. The molecule has 1 atom stereocenters. The highest BCUT2D eigenvalue weighted by molar-refractivity contribution is 6.30. The van der Waals surface area contributed by atoms with Gasteiger partial charge in [-0.25, -0.2) is 0 Å². The number of allylic oxidation sites excluding steroid dienone is 1. The van der Waals surface area contributed by atoms with E-state index in [1.807, 2.05) is 48.5 Å². The van der Waals surface area contributed by atoms with E-state index in [0.717, 1.165) is 40.2 Å². The Morgan fingerprint density at radius 2 is 1.68 bits per heavy atom. The summed E-state index contributed by atoms with van der Waals surface area (Å²) < 4.78 is 0. The number of carbonyl (C=O) groups is 2. The highest BCUT2D eigenvalue weighted by Crippen LogP contribution is 2.48. The zero-order valence-electron chi connectivity index (χ0n) is 24.0. The van der Waals surface area contributed by atoms with E-state index in [1.165, 1.54) is 5.56 Å². The first kappa shape index (κ1) is 28.0. The van der Waals surface area contributed by atoms with Crippen molar-refractivity contribution >= 4 is 34.7 Å². The summed E-state index contributed by atoms with van der Waals surface area (Å²) in [6.45, 7) is 11.4. The second kappa shape index (κ2) is 10.8. The highest BCUT2D eigenvalue weighted by Gasteiger charge is 2.42. The van der Waals surface area contributed by atoms with Gasteiger partial charge in [0.2, 0.25) is 5.91 Å². The van der Waals surface area contributed by atoms with E-state index in [-0.39, 0.29) is 29.1 Å². The van der Waals surface area contributed by atoms with Gasteiger partial charge in [0.1, 0.15) is 0 Å². The predicted octanol–water partition coefficient (Wildman–Crippen LogP) is 7.57. The van der Waals surface area contributed by atoms with Crippen molar-refractivity contribution in [1.29, 1.82) is 0 Å². The van der Waals surface area contributed by atoms with Gasteiger partial charge in [0, 0.05) is 29.3 Å². The van der Waals surface area contributed by atoms with Crippen molar-refractivity contribution < 1.29 is 9.59 Å². The summed E-state index contributed by atoms with van der Waals surface area (Å²) in [7, 11) is 0. The lowest BCUT2D eigenvalue weighted by Crippen LogP contribution is -2.41. The van der Waals surface area contributed by atoms with Crippen LogP contribution in [0.1, 0.15) is 70.2 Å². The van der Waals surface area contributed by atoms with Gasteiger partial charge in [-0.3, -0.25) is 9.59 Å². The smallest absolute Gasteiger partial charge is 0.239 e. The highest BCUT2D eigenvalue weighted by atomic mass is 35.5. The number of para-hydroxylation sites is 2. The van der Waals surface area contributed by atoms with Crippen molar-refractivity contribution in [3.63, 3.8) is 0 Å². The van der Waals surface area contributed by atoms with Crippen molar-refractivity contribution in [2.45, 2.75) is 65.5 Å². The molecular weight excluding hydrogens is 518 g/mol. The molecule has 0 saturated carbocycles. The fourth-order valence-electron chi connectivity index (χ4n) is 5.75. The third-order valence-electron chi connectivity index (χ3n) is 7.81. The molecule has 1 aliphatic carbocycles. The lowest BCUT2D eigenvalue weighted by Gasteiger charge is -2.38. The number of hydrogen-bond acceptors (Lipinski definition) is 4. The number of benzene rings is 3. The van der Waals surface area contributed by atoms with E-state index in [1.54, 1.807) is 0 Å². The maximum absolute atomic E-state index is 13.9. The first-order valence-electron chi connectivity index (χ1n) is 13.9. The Labute approximate surface area is 242 Å². The molecule has 2 aliphatic rings. The summed E-state index contributed by atoms with van der Waals surface area (Å²) in [6, 6.07) is 23.6. The maximum Gasteiger partial charge on any atom is 0.239 e. The lowest BCUT2D eigenvalue weighted by molar-refractivity contribution is -0.120. The topological polar surface area (TPSA) is 61.4 Å². The lowest BCUT2D eigenvalue weighted by atomic mass is 9.73. The summed E-state index contributed by atoms with van der Waals surface area (Å²) >= 11 is 6.03. The molecular formula is C34H38ClN3O2. The molecule has 3 aromatic rings. The van der Waals surface area contributed by atoms with Gasteiger partial charge >= 0.3 is 0 Å². The average molecular weight is 556 g/mol. The molecule has 1 amide bonds. The summed E-state index contributed by atoms with van der Waals surface area (Å²) in [5.41, 5.74) is 6.55. The van der Waals surface area contributed by atoms with Crippen LogP contribution in [0.15, 0.2) is 84.1 Å². The number of carbonyl (C=O) groups excluding carboxylic acids is 2. The first-order chi connectivity index (χ1) is 18.9. The average Bonchev–Trinajstić information content (AvgIpc) is 3.02. The quantitative estimate of drug-likeness (QED) is 0.341. The monoisotopic (exact) mass is 555 g/mol. The molecule has 1 heterocycles. The van der Waals surface area contributed by atoms with Crippen LogP contribution in [0.3, 0.4) is 0 Å². The molecule has 0 fully saturated rings. The molecule has 0 bridgehead atoms. The molecule has 0 radical (unpaired) electrons. The normalized spacial score (nSPS) is 18.4. The Hall–Kier alpha value is -3.57. The van der Waals surface area contributed by atoms with Crippen LogP contribution in [0.25, 0.3) is 0 Å². The summed E-state index contributed by atoms with van der Waals surface area (Å²) in [5, 5.41) is 7.35. The predicted molar refractivity (Wildman–Crippen MR) is 164 cm³/mol. The van der Waals surface area contributed by atoms with E-state index in [9.17, 15) is 9.59 Å². The van der Waals surface area contributed by atoms with E-state index in [4.69, 9.17) is 11.6 Å². The molecule has 0 aromatic heterocycles. The largest absolute Gasteiger partial charge is 0.357 e. The van der Waals surface area contributed by atoms with Crippen LogP contribution >= 0.6 is 11.6 Å². The number of nitrogens with one attached hydrogen (secondary N) is 2. The van der Waals surface area contributed by atoms with E-state index in [0.29, 0.717) is 18.0 Å². The van der Waals surface area contributed by atoms with Gasteiger partial charge in [-0.1, -0.05) is 94.8 Å². The van der Waals surface area contributed by atoms with Crippen molar-refractivity contribution in [1.82, 2.24) is 5.32 Å². The zero-order chi connectivity index (χ0) is 28.7. The van der Waals surface area contributed by atoms with Gasteiger partial charge in [-0.15, -0.1) is 0 Å². The third kappa shape index (κ3) is 5.95. The third-order valence-corrected chi connectivity index (χ3v) is 8.07. The van der Waals surface area contributed by atoms with Crippen LogP contribution < -0.4 is 15.5 Å². The Kier molecular flexibility index (Phi) is 7.54. The number of fused-ring (bicyclic) bond motifs is 1. The number of hydrogen-bond donors (Lipinski definition) is 2. The van der Waals surface area contributed by atoms with Gasteiger partial charge in [-0.05, 0) is 58.2 Å². The molecule has 1 aliphatic heterocycles. The van der Waals surface area contributed by atoms with E-state index >= 15 is 0 Å². The van der Waals surface area contributed by atoms with Crippen LogP contribution in [-0.4, -0.2) is 18.2 Å². The van der Waals surface area contributed by atoms with Gasteiger partial charge in [0.25, 0.3) is 0 Å². The molecule has 208 valence electrons. The van der Waals surface area contributed by atoms with Crippen LogP contribution in [0, 0.1) is 5.41 Å². The maximum atomic E-state index is 13.9. The minimum absolute atomic E-state index is 0.00644. The van der Waals surface area contributed by atoms with E-state index < -0.39 is 6.04 Å². The number of anilines is 2. The van der Waals surface area contributed by atoms with E-state index in [2.05, 4.69) is 74.4 Å². The van der Waals surface area contributed by atoms with Crippen molar-refractivity contribution in [3.05, 3.63) is 106 Å². The zero-order valence-corrected chi connectivity index (χ0v) is 24.7. The second-order valence-corrected chi connectivity index (χ2v) is 13.2. The van der Waals surface area contributed by atoms with Crippen LogP contribution in [0.4, 0.5) is 11.4 Å². The SMILES string of the molecule is CC1(C)CC(=O)C2=C(C1)Nc1ccccc1N(CC(=O)NCc1ccc(Cl)cc1)C2c1ccc(C(C)(C)C)cc1. The minimum atomic E-state index is -0.398. The number of nitrogens with zero attached hydrogens (tertiary/aromatic N) is 1. The number of halogens is 1. The summed E-state index contributed by atoms with van der Waals surface area (Å²) in [6.07, 6.45) is 1.23. The molecule has 0 saturated heterocycles. The second-order valence-electron chi connectivity index (χ2n) is 12.8. The molecule has 0 spiro atoms. The Bertz CT molecular complexity index is 1450. The van der Waals surface area contributed by atoms with Crippen LogP contribution in [0.5, 0.6) is 0 Å². The van der Waals surface area contributed by atoms with Gasteiger partial charge in [0.05, 0.1) is 24.0 Å². The molecule has 3 aromatic carbocycles. The molecule has 1 unspecified atom stereocenters. The molecule has 5 rings (SSSR count). The fraction of sp³-hybridized carbons (Fsp3) is 0.353. The van der Waals surface area contributed by atoms with Gasteiger partial charge < -0.3 is 15.5 Å². The van der Waals surface area contributed by atoms with Gasteiger partial charge in [-0.2, -0.15) is 0 Å². The number of Topliss-reactive ketones (excluding diaryl/α,β-unsaturated/α-hetero) is 1. The number of ketones is 1. The van der Waals surface area contributed by atoms with Crippen molar-refractivity contribution in [3.8, 4) is 0 Å².